The normalized spacial score (nSPS) is 11.6. The molecule has 2 heterocycles. The van der Waals surface area contributed by atoms with Crippen LogP contribution in [0.5, 0.6) is 0 Å². The van der Waals surface area contributed by atoms with Crippen molar-refractivity contribution in [1.82, 2.24) is 9.97 Å². The van der Waals surface area contributed by atoms with Crippen LogP contribution in [0.3, 0.4) is 0 Å². The van der Waals surface area contributed by atoms with E-state index < -0.39 is 0 Å². The predicted molar refractivity (Wildman–Crippen MR) is 186 cm³/mol. The van der Waals surface area contributed by atoms with Crippen LogP contribution in [0.4, 0.5) is 0 Å². The van der Waals surface area contributed by atoms with E-state index >= 15 is 0 Å². The Morgan fingerprint density at radius 1 is 0.378 bits per heavy atom. The number of rotatable bonds is 4. The summed E-state index contributed by atoms with van der Waals surface area (Å²) in [5.41, 5.74) is 8.86. The van der Waals surface area contributed by atoms with Crippen molar-refractivity contribution >= 4 is 43.5 Å². The highest BCUT2D eigenvalue weighted by atomic mass is 16.3. The van der Waals surface area contributed by atoms with Crippen LogP contribution in [0, 0.1) is 0 Å². The first kappa shape index (κ1) is 25.4. The van der Waals surface area contributed by atoms with Gasteiger partial charge < -0.3 is 4.42 Å². The summed E-state index contributed by atoms with van der Waals surface area (Å²) in [5, 5.41) is 7.01. The molecule has 0 saturated carbocycles. The summed E-state index contributed by atoms with van der Waals surface area (Å²) in [4.78, 5) is 10.0. The van der Waals surface area contributed by atoms with Gasteiger partial charge in [-0.2, -0.15) is 0 Å². The van der Waals surface area contributed by atoms with Crippen LogP contribution in [0.15, 0.2) is 162 Å². The van der Waals surface area contributed by atoms with Crippen molar-refractivity contribution in [2.75, 3.05) is 0 Å². The van der Waals surface area contributed by atoms with Crippen LogP contribution in [0.25, 0.3) is 88.5 Å². The molecule has 0 aliphatic carbocycles. The van der Waals surface area contributed by atoms with E-state index in [1.54, 1.807) is 0 Å². The molecule has 3 heteroatoms. The SMILES string of the molecule is c1ccc(-c2cc(-c3ccccc3)nc(-c3ccc(-c4cccc5c4oc4c5ccc5ccc6ccccc6c54)cc3)n2)cc1. The molecular weight excluding hydrogens is 548 g/mol. The van der Waals surface area contributed by atoms with Gasteiger partial charge in [0, 0.05) is 38.4 Å². The lowest BCUT2D eigenvalue weighted by molar-refractivity contribution is 0.674. The smallest absolute Gasteiger partial charge is 0.160 e. The van der Waals surface area contributed by atoms with E-state index in [9.17, 15) is 0 Å². The average Bonchev–Trinajstić information content (AvgIpc) is 3.51. The average molecular weight is 575 g/mol. The van der Waals surface area contributed by atoms with E-state index in [0.717, 1.165) is 66.5 Å². The van der Waals surface area contributed by atoms with Gasteiger partial charge in [-0.05, 0) is 33.9 Å². The molecule has 45 heavy (non-hydrogen) atoms. The van der Waals surface area contributed by atoms with Crippen molar-refractivity contribution in [3.8, 4) is 45.0 Å². The lowest BCUT2D eigenvalue weighted by atomic mass is 9.98. The molecule has 0 spiro atoms. The zero-order valence-electron chi connectivity index (χ0n) is 24.3. The number of hydrogen-bond acceptors (Lipinski definition) is 3. The number of fused-ring (bicyclic) bond motifs is 7. The minimum absolute atomic E-state index is 0.696. The summed E-state index contributed by atoms with van der Waals surface area (Å²) in [6.45, 7) is 0. The minimum atomic E-state index is 0.696. The van der Waals surface area contributed by atoms with Crippen molar-refractivity contribution in [3.63, 3.8) is 0 Å². The van der Waals surface area contributed by atoms with E-state index in [1.165, 1.54) is 16.2 Å². The van der Waals surface area contributed by atoms with Crippen LogP contribution in [0.1, 0.15) is 0 Å². The Morgan fingerprint density at radius 2 is 0.956 bits per heavy atom. The van der Waals surface area contributed by atoms with Crippen molar-refractivity contribution in [2.45, 2.75) is 0 Å². The Balaban J connectivity index is 1.18. The molecule has 3 nitrogen and oxygen atoms in total. The molecule has 0 amide bonds. The Kier molecular flexibility index (Phi) is 5.82. The largest absolute Gasteiger partial charge is 0.455 e. The fraction of sp³-hybridized carbons (Fsp3) is 0. The number of nitrogens with zero attached hydrogens (tertiary/aromatic N) is 2. The lowest BCUT2D eigenvalue weighted by Gasteiger charge is -2.10. The minimum Gasteiger partial charge on any atom is -0.455 e. The van der Waals surface area contributed by atoms with E-state index in [1.807, 2.05) is 36.4 Å². The van der Waals surface area contributed by atoms with Gasteiger partial charge in [0.1, 0.15) is 11.2 Å². The fourth-order valence-electron chi connectivity index (χ4n) is 6.46. The number of hydrogen-bond donors (Lipinski definition) is 0. The molecular formula is C42H26N2O. The third-order valence-corrected chi connectivity index (χ3v) is 8.69. The summed E-state index contributed by atoms with van der Waals surface area (Å²) in [7, 11) is 0. The van der Waals surface area contributed by atoms with Gasteiger partial charge in [0.25, 0.3) is 0 Å². The maximum absolute atomic E-state index is 6.78. The van der Waals surface area contributed by atoms with Gasteiger partial charge in [-0.1, -0.05) is 146 Å². The number of para-hydroxylation sites is 1. The Labute approximate surface area is 260 Å². The monoisotopic (exact) mass is 574 g/mol. The Hall–Kier alpha value is -6.06. The maximum Gasteiger partial charge on any atom is 0.160 e. The van der Waals surface area contributed by atoms with Crippen LogP contribution < -0.4 is 0 Å². The summed E-state index contributed by atoms with van der Waals surface area (Å²) in [5.74, 6) is 0.696. The second-order valence-electron chi connectivity index (χ2n) is 11.4. The highest BCUT2D eigenvalue weighted by molar-refractivity contribution is 6.23. The predicted octanol–water partition coefficient (Wildman–Crippen LogP) is 11.4. The number of aromatic nitrogens is 2. The van der Waals surface area contributed by atoms with Gasteiger partial charge in [0.2, 0.25) is 0 Å². The summed E-state index contributed by atoms with van der Waals surface area (Å²) >= 11 is 0. The fourth-order valence-corrected chi connectivity index (χ4v) is 6.46. The molecule has 0 aliphatic heterocycles. The first-order chi connectivity index (χ1) is 22.3. The van der Waals surface area contributed by atoms with Crippen molar-refractivity contribution in [2.24, 2.45) is 0 Å². The molecule has 0 aliphatic rings. The first-order valence-corrected chi connectivity index (χ1v) is 15.2. The van der Waals surface area contributed by atoms with Gasteiger partial charge in [-0.15, -0.1) is 0 Å². The van der Waals surface area contributed by atoms with E-state index in [-0.39, 0.29) is 0 Å². The number of benzene rings is 7. The van der Waals surface area contributed by atoms with E-state index in [4.69, 9.17) is 14.4 Å². The molecule has 0 bridgehead atoms. The van der Waals surface area contributed by atoms with Gasteiger partial charge in [0.15, 0.2) is 5.82 Å². The lowest BCUT2D eigenvalue weighted by Crippen LogP contribution is -1.95. The molecule has 9 aromatic rings. The zero-order valence-corrected chi connectivity index (χ0v) is 24.3. The van der Waals surface area contributed by atoms with Crippen LogP contribution in [-0.2, 0) is 0 Å². The van der Waals surface area contributed by atoms with E-state index in [0.29, 0.717) is 5.82 Å². The van der Waals surface area contributed by atoms with Gasteiger partial charge >= 0.3 is 0 Å². The molecule has 0 unspecified atom stereocenters. The van der Waals surface area contributed by atoms with Crippen molar-refractivity contribution < 1.29 is 4.42 Å². The second-order valence-corrected chi connectivity index (χ2v) is 11.4. The van der Waals surface area contributed by atoms with Gasteiger partial charge in [0.05, 0.1) is 11.4 Å². The van der Waals surface area contributed by atoms with Crippen LogP contribution in [-0.4, -0.2) is 9.97 Å². The van der Waals surface area contributed by atoms with Crippen molar-refractivity contribution in [1.29, 1.82) is 0 Å². The molecule has 0 atom stereocenters. The first-order valence-electron chi connectivity index (χ1n) is 15.2. The quantitative estimate of drug-likeness (QED) is 0.196. The van der Waals surface area contributed by atoms with Crippen LogP contribution >= 0.6 is 0 Å². The van der Waals surface area contributed by atoms with Crippen molar-refractivity contribution in [3.05, 3.63) is 158 Å². The molecule has 7 aromatic carbocycles. The Bertz CT molecular complexity index is 2460. The third kappa shape index (κ3) is 4.29. The zero-order chi connectivity index (χ0) is 29.7. The van der Waals surface area contributed by atoms with Gasteiger partial charge in [-0.3, -0.25) is 0 Å². The molecule has 9 rings (SSSR count). The highest BCUT2D eigenvalue weighted by Gasteiger charge is 2.16. The standard InChI is InChI=1S/C42H26N2O/c1-3-11-29(12-4-1)37-26-38(30-13-5-2-6-14-30)44-42(43-37)32-22-19-28(20-23-32)34-16-9-17-35-36-25-24-31-21-18-27-10-7-8-15-33(27)39(31)41(36)45-40(34)35/h1-26H. The summed E-state index contributed by atoms with van der Waals surface area (Å²) in [6.07, 6.45) is 0. The summed E-state index contributed by atoms with van der Waals surface area (Å²) < 4.78 is 6.78. The molecule has 0 fully saturated rings. The van der Waals surface area contributed by atoms with E-state index in [2.05, 4.69) is 121 Å². The molecule has 0 saturated heterocycles. The maximum atomic E-state index is 6.78. The molecule has 210 valence electrons. The second kappa shape index (κ2) is 10.3. The van der Waals surface area contributed by atoms with Gasteiger partial charge in [-0.25, -0.2) is 9.97 Å². The summed E-state index contributed by atoms with van der Waals surface area (Å²) in [6, 6.07) is 54.8. The highest BCUT2D eigenvalue weighted by Crippen LogP contribution is 2.41. The molecule has 2 aromatic heterocycles. The molecule has 0 N–H and O–H groups in total. The Morgan fingerprint density at radius 3 is 1.69 bits per heavy atom. The third-order valence-electron chi connectivity index (χ3n) is 8.69. The topological polar surface area (TPSA) is 38.9 Å². The van der Waals surface area contributed by atoms with Crippen LogP contribution in [0.2, 0.25) is 0 Å². The number of furan rings is 1. The molecule has 0 radical (unpaired) electrons.